The van der Waals surface area contributed by atoms with E-state index in [1.807, 2.05) is 0 Å². The number of rotatable bonds is 3. The molecular formula is C16H10Cl2N2O2. The molecule has 1 aromatic heterocycles. The highest BCUT2D eigenvalue weighted by Crippen LogP contribution is 2.22. The molecule has 3 aromatic rings. The van der Waals surface area contributed by atoms with E-state index in [9.17, 15) is 9.59 Å². The van der Waals surface area contributed by atoms with Crippen LogP contribution in [0.15, 0.2) is 53.6 Å². The van der Waals surface area contributed by atoms with Gasteiger partial charge in [0, 0.05) is 5.56 Å². The van der Waals surface area contributed by atoms with Crippen LogP contribution in [0.2, 0.25) is 10.0 Å². The number of nitrogens with zero attached hydrogens (tertiary/aromatic N) is 2. The Morgan fingerprint density at radius 3 is 2.64 bits per heavy atom. The van der Waals surface area contributed by atoms with Crippen molar-refractivity contribution in [1.82, 2.24) is 9.55 Å². The van der Waals surface area contributed by atoms with Gasteiger partial charge in [0.25, 0.3) is 5.56 Å². The molecule has 0 spiro atoms. The van der Waals surface area contributed by atoms with Crippen molar-refractivity contribution in [3.63, 3.8) is 0 Å². The predicted octanol–water partition coefficient (Wildman–Crippen LogP) is 3.59. The fourth-order valence-electron chi connectivity index (χ4n) is 2.13. The number of para-hydroxylation sites is 1. The second kappa shape index (κ2) is 5.91. The summed E-state index contributed by atoms with van der Waals surface area (Å²) >= 11 is 11.7. The predicted molar refractivity (Wildman–Crippen MR) is 86.8 cm³/mol. The van der Waals surface area contributed by atoms with Crippen LogP contribution in [0.4, 0.5) is 0 Å². The van der Waals surface area contributed by atoms with E-state index in [4.69, 9.17) is 23.2 Å². The minimum Gasteiger partial charge on any atom is -0.292 e. The average molecular weight is 333 g/mol. The van der Waals surface area contributed by atoms with E-state index in [0.717, 1.165) is 0 Å². The smallest absolute Gasteiger partial charge is 0.261 e. The topological polar surface area (TPSA) is 52.0 Å². The third kappa shape index (κ3) is 2.75. The summed E-state index contributed by atoms with van der Waals surface area (Å²) in [7, 11) is 0. The van der Waals surface area contributed by atoms with Crippen molar-refractivity contribution < 1.29 is 4.79 Å². The van der Waals surface area contributed by atoms with Crippen LogP contribution < -0.4 is 5.56 Å². The zero-order valence-electron chi connectivity index (χ0n) is 11.3. The Balaban J connectivity index is 1.96. The molecule has 0 bridgehead atoms. The Hall–Kier alpha value is -2.17. The summed E-state index contributed by atoms with van der Waals surface area (Å²) in [6.07, 6.45) is 1.38. The Morgan fingerprint density at radius 1 is 1.09 bits per heavy atom. The van der Waals surface area contributed by atoms with Gasteiger partial charge in [-0.2, -0.15) is 0 Å². The molecule has 1 heterocycles. The molecule has 0 aliphatic heterocycles. The van der Waals surface area contributed by atoms with Crippen LogP contribution >= 0.6 is 23.2 Å². The molecule has 0 aliphatic carbocycles. The summed E-state index contributed by atoms with van der Waals surface area (Å²) in [5.74, 6) is -0.238. The number of aromatic nitrogens is 2. The Morgan fingerprint density at radius 2 is 1.86 bits per heavy atom. The van der Waals surface area contributed by atoms with E-state index >= 15 is 0 Å². The highest BCUT2D eigenvalue weighted by atomic mass is 35.5. The second-order valence-electron chi connectivity index (χ2n) is 4.75. The standard InChI is InChI=1S/C16H10Cl2N2O2/c17-12-6-5-10(7-13(12)18)15(21)8-20-9-19-14-4-2-1-3-11(14)16(20)22/h1-7,9H,8H2. The zero-order chi connectivity index (χ0) is 15.7. The molecule has 0 amide bonds. The van der Waals surface area contributed by atoms with Gasteiger partial charge in [0.05, 0.1) is 33.8 Å². The van der Waals surface area contributed by atoms with Crippen molar-refractivity contribution in [1.29, 1.82) is 0 Å². The maximum Gasteiger partial charge on any atom is 0.261 e. The van der Waals surface area contributed by atoms with Crippen molar-refractivity contribution in [3.8, 4) is 0 Å². The minimum atomic E-state index is -0.251. The highest BCUT2D eigenvalue weighted by molar-refractivity contribution is 6.42. The van der Waals surface area contributed by atoms with E-state index < -0.39 is 0 Å². The van der Waals surface area contributed by atoms with E-state index in [2.05, 4.69) is 4.98 Å². The maximum absolute atomic E-state index is 12.3. The first-order valence-corrected chi connectivity index (χ1v) is 7.24. The van der Waals surface area contributed by atoms with Crippen LogP contribution in [-0.4, -0.2) is 15.3 Å². The molecule has 0 radical (unpaired) electrons. The van der Waals surface area contributed by atoms with Gasteiger partial charge in [-0.15, -0.1) is 0 Å². The van der Waals surface area contributed by atoms with Crippen LogP contribution in [0.5, 0.6) is 0 Å². The normalized spacial score (nSPS) is 10.8. The average Bonchev–Trinajstić information content (AvgIpc) is 2.53. The van der Waals surface area contributed by atoms with Crippen molar-refractivity contribution in [2.24, 2.45) is 0 Å². The lowest BCUT2D eigenvalue weighted by atomic mass is 10.1. The maximum atomic E-state index is 12.3. The number of halogens is 2. The molecule has 0 atom stereocenters. The third-order valence-electron chi connectivity index (χ3n) is 3.29. The van der Waals surface area contributed by atoms with Crippen LogP contribution in [0.25, 0.3) is 10.9 Å². The monoisotopic (exact) mass is 332 g/mol. The Kier molecular flexibility index (Phi) is 3.96. The molecule has 110 valence electrons. The number of benzene rings is 2. The van der Waals surface area contributed by atoms with Gasteiger partial charge in [0.1, 0.15) is 0 Å². The molecular weight excluding hydrogens is 323 g/mol. The zero-order valence-corrected chi connectivity index (χ0v) is 12.8. The van der Waals surface area contributed by atoms with E-state index in [1.54, 1.807) is 36.4 Å². The van der Waals surface area contributed by atoms with Crippen LogP contribution in [-0.2, 0) is 6.54 Å². The quantitative estimate of drug-likeness (QED) is 0.689. The molecule has 0 saturated heterocycles. The van der Waals surface area contributed by atoms with E-state index in [1.165, 1.54) is 17.0 Å². The minimum absolute atomic E-state index is 0.103. The number of carbonyl (C=O) groups is 1. The van der Waals surface area contributed by atoms with E-state index in [-0.39, 0.29) is 17.9 Å². The van der Waals surface area contributed by atoms with Crippen LogP contribution in [0.3, 0.4) is 0 Å². The summed E-state index contributed by atoms with van der Waals surface area (Å²) in [6.45, 7) is -0.103. The SMILES string of the molecule is O=C(Cn1cnc2ccccc2c1=O)c1ccc(Cl)c(Cl)c1. The molecule has 2 aromatic carbocycles. The van der Waals surface area contributed by atoms with Gasteiger partial charge >= 0.3 is 0 Å². The summed E-state index contributed by atoms with van der Waals surface area (Å²) in [6, 6.07) is 11.6. The summed E-state index contributed by atoms with van der Waals surface area (Å²) in [5.41, 5.74) is 0.749. The molecule has 4 nitrogen and oxygen atoms in total. The number of fused-ring (bicyclic) bond motifs is 1. The molecule has 0 saturated carbocycles. The first-order valence-electron chi connectivity index (χ1n) is 6.48. The lowest BCUT2D eigenvalue weighted by molar-refractivity contribution is 0.0970. The first-order chi connectivity index (χ1) is 10.6. The number of carbonyl (C=O) groups excluding carboxylic acids is 1. The summed E-state index contributed by atoms with van der Waals surface area (Å²) in [5, 5.41) is 1.16. The molecule has 0 N–H and O–H groups in total. The first kappa shape index (κ1) is 14.8. The number of hydrogen-bond acceptors (Lipinski definition) is 3. The van der Waals surface area contributed by atoms with Crippen molar-refractivity contribution in [2.75, 3.05) is 0 Å². The van der Waals surface area contributed by atoms with Gasteiger partial charge in [-0.05, 0) is 30.3 Å². The summed E-state index contributed by atoms with van der Waals surface area (Å²) in [4.78, 5) is 28.8. The molecule has 0 aliphatic rings. The second-order valence-corrected chi connectivity index (χ2v) is 5.56. The molecule has 0 unspecified atom stereocenters. The van der Waals surface area contributed by atoms with Crippen molar-refractivity contribution in [3.05, 3.63) is 74.8 Å². The third-order valence-corrected chi connectivity index (χ3v) is 4.03. The lowest BCUT2D eigenvalue weighted by Gasteiger charge is -2.06. The van der Waals surface area contributed by atoms with E-state index in [0.29, 0.717) is 26.5 Å². The lowest BCUT2D eigenvalue weighted by Crippen LogP contribution is -2.24. The number of Topliss-reactive ketones (excluding diaryl/α,β-unsaturated/α-hetero) is 1. The van der Waals surface area contributed by atoms with Crippen molar-refractivity contribution in [2.45, 2.75) is 6.54 Å². The number of hydrogen-bond donors (Lipinski definition) is 0. The summed E-state index contributed by atoms with van der Waals surface area (Å²) < 4.78 is 1.28. The molecule has 3 rings (SSSR count). The fourth-order valence-corrected chi connectivity index (χ4v) is 2.43. The Bertz CT molecular complexity index is 935. The van der Waals surface area contributed by atoms with Crippen molar-refractivity contribution >= 4 is 39.9 Å². The largest absolute Gasteiger partial charge is 0.292 e. The van der Waals surface area contributed by atoms with Crippen LogP contribution in [0, 0.1) is 0 Å². The van der Waals surface area contributed by atoms with Gasteiger partial charge in [-0.3, -0.25) is 14.2 Å². The molecule has 6 heteroatoms. The van der Waals surface area contributed by atoms with Gasteiger partial charge in [0.2, 0.25) is 0 Å². The van der Waals surface area contributed by atoms with Gasteiger partial charge in [-0.25, -0.2) is 4.98 Å². The van der Waals surface area contributed by atoms with Gasteiger partial charge in [0.15, 0.2) is 5.78 Å². The number of ketones is 1. The Labute approximate surface area is 135 Å². The molecule has 22 heavy (non-hydrogen) atoms. The molecule has 0 fully saturated rings. The highest BCUT2D eigenvalue weighted by Gasteiger charge is 2.11. The van der Waals surface area contributed by atoms with Gasteiger partial charge < -0.3 is 0 Å². The fraction of sp³-hybridized carbons (Fsp3) is 0.0625. The van der Waals surface area contributed by atoms with Crippen LogP contribution in [0.1, 0.15) is 10.4 Å². The van der Waals surface area contributed by atoms with Gasteiger partial charge in [-0.1, -0.05) is 35.3 Å².